The number of hydrogen-bond donors (Lipinski definition) is 1. The molecular formula is C44H62O8. The van der Waals surface area contributed by atoms with Gasteiger partial charge in [-0.15, -0.1) is 0 Å². The fraction of sp³-hybridized carbons (Fsp3) is 0.545. The first-order valence-electron chi connectivity index (χ1n) is 19.5. The van der Waals surface area contributed by atoms with E-state index < -0.39 is 17.5 Å². The van der Waals surface area contributed by atoms with Crippen molar-refractivity contribution in [3.05, 3.63) is 89.0 Å². The van der Waals surface area contributed by atoms with Gasteiger partial charge in [-0.2, -0.15) is 0 Å². The zero-order valence-corrected chi connectivity index (χ0v) is 32.3. The second-order valence-corrected chi connectivity index (χ2v) is 14.2. The van der Waals surface area contributed by atoms with Crippen molar-refractivity contribution >= 4 is 11.9 Å². The van der Waals surface area contributed by atoms with E-state index in [0.717, 1.165) is 43.4 Å². The molecule has 1 unspecified atom stereocenters. The van der Waals surface area contributed by atoms with Crippen LogP contribution in [0.15, 0.2) is 66.7 Å². The molecule has 0 amide bonds. The molecule has 3 aromatic rings. The van der Waals surface area contributed by atoms with Crippen LogP contribution in [0.1, 0.15) is 158 Å². The van der Waals surface area contributed by atoms with Crippen molar-refractivity contribution < 1.29 is 38.7 Å². The lowest BCUT2D eigenvalue weighted by Crippen LogP contribution is -2.25. The minimum absolute atomic E-state index is 0.152. The molecule has 52 heavy (non-hydrogen) atoms. The van der Waals surface area contributed by atoms with Gasteiger partial charge in [0.15, 0.2) is 11.5 Å². The highest BCUT2D eigenvalue weighted by Crippen LogP contribution is 2.35. The van der Waals surface area contributed by atoms with E-state index in [9.17, 15) is 14.8 Å². The van der Waals surface area contributed by atoms with Gasteiger partial charge in [0.25, 0.3) is 0 Å². The quantitative estimate of drug-likeness (QED) is 0.0288. The van der Waals surface area contributed by atoms with Crippen LogP contribution in [-0.2, 0) is 21.0 Å². The zero-order valence-electron chi connectivity index (χ0n) is 32.3. The summed E-state index contributed by atoms with van der Waals surface area (Å²) in [5.74, 6) is 0.636. The average molecular weight is 719 g/mol. The maximum absolute atomic E-state index is 13.2. The van der Waals surface area contributed by atoms with Crippen LogP contribution in [0.3, 0.4) is 0 Å². The van der Waals surface area contributed by atoms with Gasteiger partial charge in [-0.1, -0.05) is 122 Å². The van der Waals surface area contributed by atoms with E-state index in [1.165, 1.54) is 51.4 Å². The second kappa shape index (κ2) is 23.6. The Hall–Kier alpha value is -3.88. The fourth-order valence-electron chi connectivity index (χ4n) is 5.64. The maximum atomic E-state index is 13.2. The standard InChI is InChI=1S/C44H62O8/c1-6-9-11-13-15-17-19-31-49-40-32-37(41(52-47)35-22-20-34(21-23-35)33-50-43(46)44(4,5)8-3)26-29-39(40)51-42(45)36-24-27-38(28-25-36)48-30-18-16-14-12-10-7-2/h20-29,32,41,47H,6-19,30-31,33H2,1-5H3. The molecule has 0 heterocycles. The van der Waals surface area contributed by atoms with E-state index in [1.807, 2.05) is 45.0 Å². The molecule has 0 aromatic heterocycles. The van der Waals surface area contributed by atoms with Crippen molar-refractivity contribution in [3.63, 3.8) is 0 Å². The molecule has 0 saturated heterocycles. The minimum atomic E-state index is -0.829. The number of hydrogen-bond acceptors (Lipinski definition) is 8. The molecule has 0 spiro atoms. The second-order valence-electron chi connectivity index (χ2n) is 14.2. The Balaban J connectivity index is 1.69. The summed E-state index contributed by atoms with van der Waals surface area (Å²) in [7, 11) is 0. The molecule has 0 aliphatic heterocycles. The van der Waals surface area contributed by atoms with Crippen LogP contribution in [0.4, 0.5) is 0 Å². The normalized spacial score (nSPS) is 12.0. The minimum Gasteiger partial charge on any atom is -0.494 e. The van der Waals surface area contributed by atoms with E-state index in [4.69, 9.17) is 23.8 Å². The third kappa shape index (κ3) is 14.6. The first-order valence-corrected chi connectivity index (χ1v) is 19.5. The maximum Gasteiger partial charge on any atom is 0.343 e. The SMILES string of the molecule is CCCCCCCCCOc1cc(C(OO)c2ccc(COC(=O)C(C)(C)CC)cc2)ccc1OC(=O)c1ccc(OCCCCCCCC)cc1. The molecule has 8 nitrogen and oxygen atoms in total. The van der Waals surface area contributed by atoms with Crippen LogP contribution in [0.5, 0.6) is 17.2 Å². The van der Waals surface area contributed by atoms with Gasteiger partial charge in [0.1, 0.15) is 18.5 Å². The number of ether oxygens (including phenoxy) is 4. The van der Waals surface area contributed by atoms with Crippen LogP contribution in [-0.4, -0.2) is 30.4 Å². The first kappa shape index (κ1) is 42.5. The van der Waals surface area contributed by atoms with Gasteiger partial charge in [-0.3, -0.25) is 10.1 Å². The molecule has 0 bridgehead atoms. The lowest BCUT2D eigenvalue weighted by atomic mass is 9.91. The van der Waals surface area contributed by atoms with Crippen molar-refractivity contribution in [3.8, 4) is 17.2 Å². The molecule has 0 fully saturated rings. The van der Waals surface area contributed by atoms with E-state index in [-0.39, 0.29) is 18.3 Å². The van der Waals surface area contributed by atoms with Crippen molar-refractivity contribution in [1.29, 1.82) is 0 Å². The largest absolute Gasteiger partial charge is 0.494 e. The van der Waals surface area contributed by atoms with Crippen molar-refractivity contribution in [2.75, 3.05) is 13.2 Å². The van der Waals surface area contributed by atoms with E-state index in [1.54, 1.807) is 42.5 Å². The lowest BCUT2D eigenvalue weighted by Gasteiger charge is -2.20. The number of benzene rings is 3. The molecule has 3 aromatic carbocycles. The van der Waals surface area contributed by atoms with Crippen LogP contribution in [0.2, 0.25) is 0 Å². The third-order valence-electron chi connectivity index (χ3n) is 9.53. The Bertz CT molecular complexity index is 1450. The molecular weight excluding hydrogens is 656 g/mol. The highest BCUT2D eigenvalue weighted by atomic mass is 17.1. The lowest BCUT2D eigenvalue weighted by molar-refractivity contribution is -0.270. The van der Waals surface area contributed by atoms with E-state index >= 15 is 0 Å². The van der Waals surface area contributed by atoms with Gasteiger partial charge in [-0.25, -0.2) is 9.68 Å². The Morgan fingerprint density at radius 2 is 1.21 bits per heavy atom. The summed E-state index contributed by atoms with van der Waals surface area (Å²) in [4.78, 5) is 30.6. The summed E-state index contributed by atoms with van der Waals surface area (Å²) in [6.45, 7) is 11.4. The Labute approximate surface area is 312 Å². The van der Waals surface area contributed by atoms with Crippen molar-refractivity contribution in [1.82, 2.24) is 0 Å². The predicted molar refractivity (Wildman–Crippen MR) is 206 cm³/mol. The molecule has 0 aliphatic carbocycles. The van der Waals surface area contributed by atoms with E-state index in [0.29, 0.717) is 42.1 Å². The smallest absolute Gasteiger partial charge is 0.343 e. The number of carbonyl (C=O) groups is 2. The summed E-state index contributed by atoms with van der Waals surface area (Å²) in [6, 6.07) is 19.5. The Morgan fingerprint density at radius 1 is 0.654 bits per heavy atom. The molecule has 0 aliphatic rings. The van der Waals surface area contributed by atoms with E-state index in [2.05, 4.69) is 13.8 Å². The fourth-order valence-corrected chi connectivity index (χ4v) is 5.64. The summed E-state index contributed by atoms with van der Waals surface area (Å²) in [5.41, 5.74) is 1.98. The summed E-state index contributed by atoms with van der Waals surface area (Å²) < 4.78 is 23.5. The average Bonchev–Trinajstić information content (AvgIpc) is 3.16. The molecule has 1 N–H and O–H groups in total. The van der Waals surface area contributed by atoms with Gasteiger partial charge in [0.05, 0.1) is 24.2 Å². The van der Waals surface area contributed by atoms with Crippen molar-refractivity contribution in [2.24, 2.45) is 5.41 Å². The summed E-state index contributed by atoms with van der Waals surface area (Å²) >= 11 is 0. The van der Waals surface area contributed by atoms with Gasteiger partial charge in [-0.05, 0) is 86.2 Å². The number of unbranched alkanes of at least 4 members (excludes halogenated alkanes) is 11. The highest BCUT2D eigenvalue weighted by molar-refractivity contribution is 5.91. The highest BCUT2D eigenvalue weighted by Gasteiger charge is 2.27. The molecule has 286 valence electrons. The van der Waals surface area contributed by atoms with Crippen molar-refractivity contribution in [2.45, 2.75) is 137 Å². The molecule has 0 radical (unpaired) electrons. The first-order chi connectivity index (χ1) is 25.2. The zero-order chi connectivity index (χ0) is 37.6. The predicted octanol–water partition coefficient (Wildman–Crippen LogP) is 11.8. The topological polar surface area (TPSA) is 101 Å². The number of rotatable bonds is 26. The summed E-state index contributed by atoms with van der Waals surface area (Å²) in [6.07, 6.45) is 15.0. The molecule has 1 atom stereocenters. The Morgan fingerprint density at radius 3 is 1.79 bits per heavy atom. The molecule has 0 saturated carbocycles. The van der Waals surface area contributed by atoms with Crippen LogP contribution < -0.4 is 14.2 Å². The number of esters is 2. The summed E-state index contributed by atoms with van der Waals surface area (Å²) in [5, 5.41) is 10.0. The monoisotopic (exact) mass is 718 g/mol. The van der Waals surface area contributed by atoms with Crippen LogP contribution in [0.25, 0.3) is 0 Å². The van der Waals surface area contributed by atoms with Gasteiger partial charge in [0, 0.05) is 0 Å². The van der Waals surface area contributed by atoms with Crippen LogP contribution in [0, 0.1) is 5.41 Å². The number of carbonyl (C=O) groups excluding carboxylic acids is 2. The van der Waals surface area contributed by atoms with Gasteiger partial charge < -0.3 is 18.9 Å². The van der Waals surface area contributed by atoms with Gasteiger partial charge >= 0.3 is 11.9 Å². The molecule has 3 rings (SSSR count). The molecule has 8 heteroatoms. The Kier molecular flexibility index (Phi) is 19.3. The van der Waals surface area contributed by atoms with Crippen LogP contribution >= 0.6 is 0 Å². The van der Waals surface area contributed by atoms with Gasteiger partial charge in [0.2, 0.25) is 0 Å². The third-order valence-corrected chi connectivity index (χ3v) is 9.53.